The maximum Gasteiger partial charge on any atom is 0.368 e. The van der Waals surface area contributed by atoms with Gasteiger partial charge in [0.1, 0.15) is 5.60 Å². The second-order valence-corrected chi connectivity index (χ2v) is 18.6. The third-order valence-electron chi connectivity index (χ3n) is 7.34. The van der Waals surface area contributed by atoms with Gasteiger partial charge in [-0.3, -0.25) is 77.3 Å². The average molecular weight is 1050 g/mol. The van der Waals surface area contributed by atoms with Gasteiger partial charge in [-0.05, 0) is 13.3 Å². The van der Waals surface area contributed by atoms with Crippen molar-refractivity contribution >= 4 is 82.5 Å². The molecule has 11 atom stereocenters. The number of unbranched alkanes of at least 4 members (excludes halogenated alkanes) is 9. The third kappa shape index (κ3) is 18.2. The van der Waals surface area contributed by atoms with Crippen LogP contribution in [-0.2, 0) is 90.9 Å². The largest absolute Gasteiger partial charge is 0.368 e. The lowest BCUT2D eigenvalue weighted by atomic mass is 9.79. The van der Waals surface area contributed by atoms with Crippen LogP contribution in [0.2, 0.25) is 0 Å². The van der Waals surface area contributed by atoms with Crippen molar-refractivity contribution in [3.63, 3.8) is 0 Å². The summed E-state index contributed by atoms with van der Waals surface area (Å²) in [5.41, 5.74) is -3.65. The van der Waals surface area contributed by atoms with Crippen LogP contribution in [0.25, 0.3) is 0 Å². The maximum absolute atomic E-state index is 12.8. The Morgan fingerprint density at radius 2 is 0.569 bits per heavy atom. The van der Waals surface area contributed by atoms with Crippen molar-refractivity contribution in [2.75, 3.05) is 0 Å². The Morgan fingerprint density at radius 3 is 0.845 bits per heavy atom. The number of rotatable bonds is 35. The summed E-state index contributed by atoms with van der Waals surface area (Å²) in [7, 11) is -53.1. The molecule has 58 heavy (non-hydrogen) atoms. The molecule has 0 aliphatic carbocycles. The molecule has 0 saturated carbocycles. The molecule has 0 amide bonds. The quantitative estimate of drug-likeness (QED) is 0.0248. The molecule has 0 aliphatic heterocycles. The Hall–Kier alpha value is 1.50. The minimum Gasteiger partial charge on any atom is -0.326 e. The molecule has 0 spiro atoms. The summed E-state index contributed by atoms with van der Waals surface area (Å²) in [6, 6.07) is 0. The van der Waals surface area contributed by atoms with Crippen molar-refractivity contribution in [2.24, 2.45) is 0 Å². The number of hydrogen-bond acceptors (Lipinski definition) is 20. The van der Waals surface area contributed by atoms with Crippen molar-refractivity contribution in [2.45, 2.75) is 113 Å². The fourth-order valence-electron chi connectivity index (χ4n) is 5.48. The third-order valence-corrected chi connectivity index (χ3v) is 12.1. The SMILES string of the molecule is CCCCCCCCCCCCC(C)(O[PH](=O)O)C(O[PH](=O)O)(O[PH](=O)O)C(O[PH](=O)O)(O[PH](=O)O)C(O[PH](=O)O)(O[PH](=O)O)C(O[PH](=O)O)(O[PH](=O)O)O[PH](=O)O. The van der Waals surface area contributed by atoms with Crippen LogP contribution in [0.4, 0.5) is 0 Å². The highest BCUT2D eigenvalue weighted by atomic mass is 31.2. The van der Waals surface area contributed by atoms with Crippen LogP contribution >= 0.6 is 82.5 Å². The molecule has 0 saturated heterocycles. The smallest absolute Gasteiger partial charge is 0.326 e. The molecule has 0 aromatic carbocycles. The first kappa shape index (κ1) is 59.5. The van der Waals surface area contributed by atoms with Crippen LogP contribution in [0.1, 0.15) is 84.5 Å². The average Bonchev–Trinajstić information content (AvgIpc) is 3.01. The minimum absolute atomic E-state index is 0.0155. The lowest BCUT2D eigenvalue weighted by molar-refractivity contribution is -0.501. The van der Waals surface area contributed by atoms with Gasteiger partial charge in [0, 0.05) is 0 Å². The molecule has 10 N–H and O–H groups in total. The van der Waals surface area contributed by atoms with E-state index in [-0.39, 0.29) is 6.42 Å². The van der Waals surface area contributed by atoms with E-state index >= 15 is 0 Å². The van der Waals surface area contributed by atoms with Crippen molar-refractivity contribution in [1.29, 1.82) is 0 Å². The maximum atomic E-state index is 12.8. The fraction of sp³-hybridized carbons (Fsp3) is 1.00. The van der Waals surface area contributed by atoms with E-state index in [1.165, 1.54) is 0 Å². The molecule has 0 heterocycles. The summed E-state index contributed by atoms with van der Waals surface area (Å²) < 4.78 is 172. The Morgan fingerprint density at radius 1 is 0.328 bits per heavy atom. The highest BCUT2D eigenvalue weighted by Crippen LogP contribution is 2.68. The van der Waals surface area contributed by atoms with E-state index in [4.69, 9.17) is 13.6 Å². The van der Waals surface area contributed by atoms with Crippen LogP contribution in [0.5, 0.6) is 0 Å². The molecule has 0 radical (unpaired) electrons. The van der Waals surface area contributed by atoms with Crippen molar-refractivity contribution < 1.29 is 140 Å². The number of hydrogen-bond donors (Lipinski definition) is 10. The van der Waals surface area contributed by atoms with E-state index in [1.807, 2.05) is 6.92 Å². The van der Waals surface area contributed by atoms with Crippen LogP contribution < -0.4 is 0 Å². The summed E-state index contributed by atoms with van der Waals surface area (Å²) in [4.78, 5) is 101. The first-order valence-corrected chi connectivity index (χ1v) is 28.6. The van der Waals surface area contributed by atoms with E-state index in [0.29, 0.717) is 26.2 Å². The fourth-order valence-corrected chi connectivity index (χ4v) is 11.4. The summed E-state index contributed by atoms with van der Waals surface area (Å²) in [5.74, 6) is -21.3. The molecule has 0 aromatic heterocycles. The molecule has 0 bridgehead atoms. The van der Waals surface area contributed by atoms with Crippen molar-refractivity contribution in [3.8, 4) is 0 Å². The second-order valence-electron chi connectivity index (χ2n) is 11.2. The van der Waals surface area contributed by atoms with Gasteiger partial charge in [0.05, 0.1) is 0 Å². The lowest BCUT2D eigenvalue weighted by Gasteiger charge is -2.59. The van der Waals surface area contributed by atoms with Gasteiger partial charge in [-0.15, -0.1) is 0 Å². The monoisotopic (exact) mass is 1050 g/mol. The highest BCUT2D eigenvalue weighted by molar-refractivity contribution is 7.35. The van der Waals surface area contributed by atoms with Gasteiger partial charge in [0.25, 0.3) is 5.79 Å². The van der Waals surface area contributed by atoms with Gasteiger partial charge in [-0.1, -0.05) is 71.1 Å². The predicted molar refractivity (Wildman–Crippen MR) is 199 cm³/mol. The van der Waals surface area contributed by atoms with E-state index in [9.17, 15) is 94.6 Å². The Balaban J connectivity index is 9.17. The summed E-state index contributed by atoms with van der Waals surface area (Å²) >= 11 is 0. The predicted octanol–water partition coefficient (Wildman–Crippen LogP) is 2.78. The van der Waals surface area contributed by atoms with Crippen molar-refractivity contribution in [3.05, 3.63) is 0 Å². The van der Waals surface area contributed by atoms with Gasteiger partial charge in [0.2, 0.25) is 0 Å². The normalized spacial score (nSPS) is 22.9. The lowest BCUT2D eigenvalue weighted by Crippen LogP contribution is -2.83. The van der Waals surface area contributed by atoms with Gasteiger partial charge in [-0.25, -0.2) is 13.6 Å². The van der Waals surface area contributed by atoms with Crippen LogP contribution in [0.15, 0.2) is 0 Å². The van der Waals surface area contributed by atoms with E-state index in [1.54, 1.807) is 0 Å². The molecule has 11 unspecified atom stereocenters. The standard InChI is InChI=1S/C18H48O30P10/c1-3-4-5-6-7-8-9-10-11-12-13-14(2,39-49(19)20)15(40-50(21)22,41-51(23)24)16(42-52(25)26,43-53(27)28)17(44-54(29)30,45-55(31)32)18(46-56(33)34,47-57(35)36)48-58(37)38/h49-58H,3-13H2,1-2H3,(H,19,20)(H,21,22)(H,23,24)(H,25,26)(H,27,28)(H,29,30)(H,31,32)(H,33,34)(H,35,36)(H,37,38). The van der Waals surface area contributed by atoms with E-state index < -0.39 is 124 Å². The Labute approximate surface area is 335 Å². The molecule has 0 aromatic rings. The zero-order chi connectivity index (χ0) is 45.1. The van der Waals surface area contributed by atoms with Crippen molar-refractivity contribution in [1.82, 2.24) is 0 Å². The first-order valence-electron chi connectivity index (χ1n) is 15.9. The zero-order valence-electron chi connectivity index (χ0n) is 29.9. The van der Waals surface area contributed by atoms with Gasteiger partial charge in [0.15, 0.2) is 0 Å². The van der Waals surface area contributed by atoms with Crippen LogP contribution in [0, 0.1) is 0 Å². The molecule has 350 valence electrons. The van der Waals surface area contributed by atoms with Crippen LogP contribution in [-0.4, -0.2) is 77.9 Å². The van der Waals surface area contributed by atoms with Gasteiger partial charge < -0.3 is 48.9 Å². The minimum atomic E-state index is -5.57. The summed E-state index contributed by atoms with van der Waals surface area (Å²) in [6.45, 7) is 2.35. The molecule has 40 heteroatoms. The first-order chi connectivity index (χ1) is 26.7. The molecule has 0 aliphatic rings. The van der Waals surface area contributed by atoms with Crippen LogP contribution in [0.3, 0.4) is 0 Å². The molecule has 0 rings (SSSR count). The van der Waals surface area contributed by atoms with E-state index in [2.05, 4.69) is 31.7 Å². The summed E-state index contributed by atoms with van der Waals surface area (Å²) in [6.07, 6.45) is 4.42. The van der Waals surface area contributed by atoms with Gasteiger partial charge in [-0.2, -0.15) is 0 Å². The van der Waals surface area contributed by atoms with E-state index in [0.717, 1.165) is 32.1 Å². The Kier molecular flexibility index (Phi) is 29.2. The zero-order valence-corrected chi connectivity index (χ0v) is 39.9. The highest BCUT2D eigenvalue weighted by Gasteiger charge is 2.88. The second kappa shape index (κ2) is 28.4. The van der Waals surface area contributed by atoms with Gasteiger partial charge >= 0.3 is 100 Å². The molecular formula is C18H48O30P10. The topological polar surface area (TPSA) is 465 Å². The molecular weight excluding hydrogens is 1010 g/mol. The summed E-state index contributed by atoms with van der Waals surface area (Å²) in [5, 5.41) is 0. The molecule has 0 fully saturated rings. The Bertz CT molecular complexity index is 1460. The molecule has 30 nitrogen and oxygen atoms in total.